The standard InChI is InChI=1S/C12H16Cl2N2O2S.ClH/c13-10-4-9(5-11(14)6-10)8-19(17,18)16-3-1-2-12(15)7-16;/h4-6,12H,1-3,7-8,15H2;1H. The summed E-state index contributed by atoms with van der Waals surface area (Å²) < 4.78 is 26.1. The zero-order valence-corrected chi connectivity index (χ0v) is 13.9. The highest BCUT2D eigenvalue weighted by atomic mass is 35.5. The second-order valence-electron chi connectivity index (χ2n) is 4.79. The zero-order chi connectivity index (χ0) is 14.0. The van der Waals surface area contributed by atoms with Gasteiger partial charge >= 0.3 is 0 Å². The van der Waals surface area contributed by atoms with Gasteiger partial charge in [0.25, 0.3) is 0 Å². The van der Waals surface area contributed by atoms with Crippen molar-refractivity contribution in [3.63, 3.8) is 0 Å². The van der Waals surface area contributed by atoms with E-state index in [1.54, 1.807) is 18.2 Å². The summed E-state index contributed by atoms with van der Waals surface area (Å²) >= 11 is 11.8. The van der Waals surface area contributed by atoms with Gasteiger partial charge in [0.2, 0.25) is 10.0 Å². The van der Waals surface area contributed by atoms with E-state index < -0.39 is 10.0 Å². The minimum absolute atomic E-state index is 0. The van der Waals surface area contributed by atoms with Crippen LogP contribution in [0.2, 0.25) is 10.0 Å². The molecule has 1 aliphatic heterocycles. The molecule has 1 unspecified atom stereocenters. The Morgan fingerprint density at radius 2 is 1.85 bits per heavy atom. The highest BCUT2D eigenvalue weighted by Gasteiger charge is 2.27. The minimum atomic E-state index is -3.37. The van der Waals surface area contributed by atoms with Crippen molar-refractivity contribution in [3.8, 4) is 0 Å². The number of halogens is 3. The molecule has 1 aromatic rings. The number of hydrogen-bond acceptors (Lipinski definition) is 3. The van der Waals surface area contributed by atoms with Crippen LogP contribution in [-0.4, -0.2) is 31.9 Å². The van der Waals surface area contributed by atoms with Crippen LogP contribution in [0.3, 0.4) is 0 Å². The number of piperidine rings is 1. The van der Waals surface area contributed by atoms with Crippen molar-refractivity contribution < 1.29 is 8.42 Å². The summed E-state index contributed by atoms with van der Waals surface area (Å²) in [4.78, 5) is 0. The number of nitrogens with two attached hydrogens (primary N) is 1. The first-order valence-corrected chi connectivity index (χ1v) is 8.42. The van der Waals surface area contributed by atoms with E-state index in [1.807, 2.05) is 0 Å². The Morgan fingerprint density at radius 3 is 2.40 bits per heavy atom. The van der Waals surface area contributed by atoms with E-state index in [9.17, 15) is 8.42 Å². The van der Waals surface area contributed by atoms with E-state index in [0.717, 1.165) is 12.8 Å². The first-order valence-electron chi connectivity index (χ1n) is 6.05. The molecule has 8 heteroatoms. The molecule has 1 heterocycles. The van der Waals surface area contributed by atoms with Crippen molar-refractivity contribution >= 4 is 45.6 Å². The fraction of sp³-hybridized carbons (Fsp3) is 0.500. The number of hydrogen-bond donors (Lipinski definition) is 1. The number of sulfonamides is 1. The average Bonchev–Trinajstić information content (AvgIpc) is 2.26. The summed E-state index contributed by atoms with van der Waals surface area (Å²) in [7, 11) is -3.37. The summed E-state index contributed by atoms with van der Waals surface area (Å²) in [5, 5.41) is 0.876. The van der Waals surface area contributed by atoms with Crippen LogP contribution < -0.4 is 5.73 Å². The molecule has 0 aliphatic carbocycles. The predicted octanol–water partition coefficient (Wildman–Crippen LogP) is 2.67. The zero-order valence-electron chi connectivity index (χ0n) is 10.8. The lowest BCUT2D eigenvalue weighted by atomic mass is 10.1. The third-order valence-corrected chi connectivity index (χ3v) is 5.34. The maximum atomic E-state index is 12.3. The predicted molar refractivity (Wildman–Crippen MR) is 85.1 cm³/mol. The van der Waals surface area contributed by atoms with Gasteiger partial charge in [0.1, 0.15) is 0 Å². The molecule has 2 rings (SSSR count). The Morgan fingerprint density at radius 1 is 1.25 bits per heavy atom. The van der Waals surface area contributed by atoms with Crippen LogP contribution in [-0.2, 0) is 15.8 Å². The molecular formula is C12H17Cl3N2O2S. The molecule has 1 aliphatic rings. The van der Waals surface area contributed by atoms with Gasteiger partial charge in [0.15, 0.2) is 0 Å². The van der Waals surface area contributed by atoms with Crippen molar-refractivity contribution in [2.45, 2.75) is 24.6 Å². The molecule has 0 radical (unpaired) electrons. The van der Waals surface area contributed by atoms with Gasteiger partial charge in [-0.1, -0.05) is 23.2 Å². The molecule has 4 nitrogen and oxygen atoms in total. The summed E-state index contributed by atoms with van der Waals surface area (Å²) in [5.74, 6) is -0.0972. The van der Waals surface area contributed by atoms with Gasteiger partial charge in [0.05, 0.1) is 5.75 Å². The van der Waals surface area contributed by atoms with Gasteiger partial charge in [0, 0.05) is 29.2 Å². The molecule has 0 aromatic heterocycles. The summed E-state index contributed by atoms with van der Waals surface area (Å²) in [6, 6.07) is 4.74. The quantitative estimate of drug-likeness (QED) is 0.902. The average molecular weight is 360 g/mol. The molecule has 1 fully saturated rings. The van der Waals surface area contributed by atoms with Gasteiger partial charge in [-0.05, 0) is 36.6 Å². The van der Waals surface area contributed by atoms with Crippen LogP contribution in [0.1, 0.15) is 18.4 Å². The molecule has 0 bridgehead atoms. The van der Waals surface area contributed by atoms with E-state index >= 15 is 0 Å². The first kappa shape index (κ1) is 18.0. The maximum Gasteiger partial charge on any atom is 0.218 e. The van der Waals surface area contributed by atoms with Crippen LogP contribution in [0.15, 0.2) is 18.2 Å². The summed E-state index contributed by atoms with van der Waals surface area (Å²) in [6.45, 7) is 0.918. The summed E-state index contributed by atoms with van der Waals surface area (Å²) in [5.41, 5.74) is 6.41. The molecule has 1 atom stereocenters. The van der Waals surface area contributed by atoms with Gasteiger partial charge in [-0.3, -0.25) is 0 Å². The van der Waals surface area contributed by atoms with E-state index in [-0.39, 0.29) is 24.2 Å². The Kier molecular flexibility index (Phi) is 6.57. The molecule has 1 aromatic carbocycles. The Labute approximate surface area is 135 Å². The molecule has 2 N–H and O–H groups in total. The van der Waals surface area contributed by atoms with E-state index in [2.05, 4.69) is 0 Å². The van der Waals surface area contributed by atoms with E-state index in [4.69, 9.17) is 28.9 Å². The fourth-order valence-electron chi connectivity index (χ4n) is 2.22. The lowest BCUT2D eigenvalue weighted by Gasteiger charge is -2.29. The lowest BCUT2D eigenvalue weighted by molar-refractivity contribution is 0.316. The van der Waals surface area contributed by atoms with Crippen LogP contribution in [0.5, 0.6) is 0 Å². The van der Waals surface area contributed by atoms with Gasteiger partial charge in [-0.15, -0.1) is 12.4 Å². The van der Waals surface area contributed by atoms with Crippen molar-refractivity contribution in [1.29, 1.82) is 0 Å². The van der Waals surface area contributed by atoms with Crippen LogP contribution in [0.25, 0.3) is 0 Å². The highest BCUT2D eigenvalue weighted by Crippen LogP contribution is 2.22. The highest BCUT2D eigenvalue weighted by molar-refractivity contribution is 7.88. The maximum absolute atomic E-state index is 12.3. The van der Waals surface area contributed by atoms with Crippen LogP contribution in [0, 0.1) is 0 Å². The Bertz CT molecular complexity index is 546. The van der Waals surface area contributed by atoms with E-state index in [0.29, 0.717) is 28.7 Å². The molecule has 0 saturated carbocycles. The van der Waals surface area contributed by atoms with E-state index in [1.165, 1.54) is 4.31 Å². The summed E-state index contributed by atoms with van der Waals surface area (Å²) in [6.07, 6.45) is 1.67. The Hall–Kier alpha value is -0.0400. The smallest absolute Gasteiger partial charge is 0.218 e. The van der Waals surface area contributed by atoms with Crippen molar-refractivity contribution in [3.05, 3.63) is 33.8 Å². The third kappa shape index (κ3) is 4.76. The monoisotopic (exact) mass is 358 g/mol. The van der Waals surface area contributed by atoms with Crippen LogP contribution >= 0.6 is 35.6 Å². The second-order valence-corrected chi connectivity index (χ2v) is 7.64. The topological polar surface area (TPSA) is 63.4 Å². The molecule has 1 saturated heterocycles. The van der Waals surface area contributed by atoms with Gasteiger partial charge in [-0.2, -0.15) is 0 Å². The normalized spacial score (nSPS) is 20.4. The molecule has 0 spiro atoms. The fourth-order valence-corrected chi connectivity index (χ4v) is 4.39. The van der Waals surface area contributed by atoms with Gasteiger partial charge in [-0.25, -0.2) is 12.7 Å². The van der Waals surface area contributed by atoms with Crippen molar-refractivity contribution in [1.82, 2.24) is 4.31 Å². The minimum Gasteiger partial charge on any atom is -0.327 e. The number of rotatable bonds is 3. The molecule has 114 valence electrons. The number of benzene rings is 1. The first-order chi connectivity index (χ1) is 8.87. The molecule has 20 heavy (non-hydrogen) atoms. The lowest BCUT2D eigenvalue weighted by Crippen LogP contribution is -2.46. The van der Waals surface area contributed by atoms with Crippen molar-refractivity contribution in [2.24, 2.45) is 5.73 Å². The third-order valence-electron chi connectivity index (χ3n) is 3.09. The largest absolute Gasteiger partial charge is 0.327 e. The number of nitrogens with zero attached hydrogens (tertiary/aromatic N) is 1. The second kappa shape index (κ2) is 7.29. The van der Waals surface area contributed by atoms with Crippen LogP contribution in [0.4, 0.5) is 0 Å². The molecule has 0 amide bonds. The molecular weight excluding hydrogens is 343 g/mol. The van der Waals surface area contributed by atoms with Gasteiger partial charge < -0.3 is 5.73 Å². The SMILES string of the molecule is Cl.NC1CCCN(S(=O)(=O)Cc2cc(Cl)cc(Cl)c2)C1. The Balaban J connectivity index is 0.00000200. The van der Waals surface area contributed by atoms with Crippen molar-refractivity contribution in [2.75, 3.05) is 13.1 Å².